The van der Waals surface area contributed by atoms with Crippen molar-refractivity contribution in [2.45, 2.75) is 19.6 Å². The molecule has 8 nitrogen and oxygen atoms in total. The molecular formula is C23H24F3N3O5S. The highest BCUT2D eigenvalue weighted by Gasteiger charge is 2.38. The molecule has 1 fully saturated rings. The van der Waals surface area contributed by atoms with Crippen molar-refractivity contribution in [1.29, 1.82) is 0 Å². The Morgan fingerprint density at radius 2 is 1.54 bits per heavy atom. The van der Waals surface area contributed by atoms with Crippen LogP contribution in [0.5, 0.6) is 0 Å². The second kappa shape index (κ2) is 10.5. The minimum atomic E-state index is -5.07. The number of hydrogen-bond donors (Lipinski definition) is 1. The number of nitrogens with zero attached hydrogens (tertiary/aromatic N) is 2. The van der Waals surface area contributed by atoms with E-state index in [1.54, 1.807) is 24.3 Å². The number of amides is 3. The van der Waals surface area contributed by atoms with Gasteiger partial charge in [-0.05, 0) is 24.6 Å². The van der Waals surface area contributed by atoms with Gasteiger partial charge in [-0.15, -0.1) is 0 Å². The van der Waals surface area contributed by atoms with Crippen LogP contribution < -0.4 is 10.2 Å². The summed E-state index contributed by atoms with van der Waals surface area (Å²) in [5, 5.41) is 1.54. The normalized spacial score (nSPS) is 15.4. The van der Waals surface area contributed by atoms with Crippen LogP contribution in [0.1, 0.15) is 21.5 Å². The number of Topliss-reactive ketones (excluding diaryl/α,β-unsaturated/α-hetero) is 1. The number of carbonyl (C=O) groups excluding carboxylic acids is 3. The Hall–Kier alpha value is -3.41. The minimum Gasteiger partial charge on any atom is -0.341 e. The van der Waals surface area contributed by atoms with E-state index in [-0.39, 0.29) is 42.7 Å². The van der Waals surface area contributed by atoms with E-state index in [1.165, 1.54) is 27.2 Å². The number of ketones is 1. The SMILES string of the molecule is Cc1ccc(N(Cc2ccc(C(=O)CNC(=O)C(F)(F)F)cc2)C(=O)N2CCS(=O)(=O)CC2)cc1. The Morgan fingerprint density at radius 1 is 0.971 bits per heavy atom. The maximum atomic E-state index is 13.3. The fraction of sp³-hybridized carbons (Fsp3) is 0.348. The molecule has 0 saturated carbocycles. The van der Waals surface area contributed by atoms with Gasteiger partial charge in [0, 0.05) is 24.3 Å². The average Bonchev–Trinajstić information content (AvgIpc) is 2.81. The second-order valence-electron chi connectivity index (χ2n) is 8.14. The Bertz CT molecular complexity index is 1180. The predicted octanol–water partition coefficient (Wildman–Crippen LogP) is 2.71. The number of benzene rings is 2. The summed E-state index contributed by atoms with van der Waals surface area (Å²) in [5.74, 6) is -3.11. The summed E-state index contributed by atoms with van der Waals surface area (Å²) >= 11 is 0. The van der Waals surface area contributed by atoms with E-state index < -0.39 is 34.2 Å². The first-order valence-electron chi connectivity index (χ1n) is 10.7. The maximum Gasteiger partial charge on any atom is 0.471 e. The largest absolute Gasteiger partial charge is 0.471 e. The number of sulfone groups is 1. The van der Waals surface area contributed by atoms with Crippen molar-refractivity contribution in [3.8, 4) is 0 Å². The van der Waals surface area contributed by atoms with Gasteiger partial charge < -0.3 is 10.2 Å². The van der Waals surface area contributed by atoms with E-state index in [0.717, 1.165) is 5.56 Å². The third kappa shape index (κ3) is 7.04. The molecule has 1 N–H and O–H groups in total. The number of urea groups is 1. The van der Waals surface area contributed by atoms with Gasteiger partial charge in [-0.1, -0.05) is 42.0 Å². The lowest BCUT2D eigenvalue weighted by molar-refractivity contribution is -0.173. The quantitative estimate of drug-likeness (QED) is 0.601. The van der Waals surface area contributed by atoms with E-state index in [2.05, 4.69) is 0 Å². The molecule has 188 valence electrons. The summed E-state index contributed by atoms with van der Waals surface area (Å²) in [6.45, 7) is 1.38. The molecule has 1 aliphatic rings. The molecule has 0 unspecified atom stereocenters. The van der Waals surface area contributed by atoms with Gasteiger partial charge in [0.05, 0.1) is 24.6 Å². The summed E-state index contributed by atoms with van der Waals surface area (Å²) in [7, 11) is -3.17. The Morgan fingerprint density at radius 3 is 2.09 bits per heavy atom. The second-order valence-corrected chi connectivity index (χ2v) is 10.4. The molecule has 12 heteroatoms. The van der Waals surface area contributed by atoms with Crippen molar-refractivity contribution in [1.82, 2.24) is 10.2 Å². The molecular weight excluding hydrogens is 487 g/mol. The fourth-order valence-electron chi connectivity index (χ4n) is 3.41. The van der Waals surface area contributed by atoms with Crippen molar-refractivity contribution in [3.63, 3.8) is 0 Å². The number of halogens is 3. The van der Waals surface area contributed by atoms with Crippen LogP contribution in [0.25, 0.3) is 0 Å². The zero-order valence-corrected chi connectivity index (χ0v) is 19.7. The van der Waals surface area contributed by atoms with Crippen molar-refractivity contribution in [2.24, 2.45) is 0 Å². The maximum absolute atomic E-state index is 13.3. The Labute approximate surface area is 200 Å². The number of hydrogen-bond acceptors (Lipinski definition) is 5. The van der Waals surface area contributed by atoms with Crippen LogP contribution in [0.3, 0.4) is 0 Å². The van der Waals surface area contributed by atoms with Gasteiger partial charge in [0.25, 0.3) is 0 Å². The molecule has 3 rings (SSSR count). The zero-order valence-electron chi connectivity index (χ0n) is 18.8. The molecule has 1 heterocycles. The topological polar surface area (TPSA) is 104 Å². The molecule has 0 atom stereocenters. The van der Waals surface area contributed by atoms with Crippen LogP contribution in [0.2, 0.25) is 0 Å². The van der Waals surface area contributed by atoms with Crippen LogP contribution >= 0.6 is 0 Å². The van der Waals surface area contributed by atoms with E-state index in [1.807, 2.05) is 19.1 Å². The van der Waals surface area contributed by atoms with Gasteiger partial charge in [0.15, 0.2) is 15.6 Å². The van der Waals surface area contributed by atoms with Gasteiger partial charge in [-0.3, -0.25) is 14.5 Å². The first-order valence-corrected chi connectivity index (χ1v) is 12.5. The average molecular weight is 512 g/mol. The molecule has 0 bridgehead atoms. The van der Waals surface area contributed by atoms with Crippen LogP contribution in [-0.2, 0) is 21.2 Å². The first-order chi connectivity index (χ1) is 16.4. The summed E-state index contributed by atoms with van der Waals surface area (Å²) in [6, 6.07) is 12.8. The lowest BCUT2D eigenvalue weighted by atomic mass is 10.1. The fourth-order valence-corrected chi connectivity index (χ4v) is 4.61. The highest BCUT2D eigenvalue weighted by molar-refractivity contribution is 7.91. The Kier molecular flexibility index (Phi) is 7.83. The van der Waals surface area contributed by atoms with E-state index >= 15 is 0 Å². The molecule has 2 aromatic rings. The number of alkyl halides is 3. The van der Waals surface area contributed by atoms with Crippen molar-refractivity contribution < 1.29 is 36.0 Å². The van der Waals surface area contributed by atoms with E-state index in [4.69, 9.17) is 0 Å². The lowest BCUT2D eigenvalue weighted by Crippen LogP contribution is -2.49. The van der Waals surface area contributed by atoms with Crippen molar-refractivity contribution in [2.75, 3.05) is 36.0 Å². The number of carbonyl (C=O) groups is 3. The van der Waals surface area contributed by atoms with Crippen LogP contribution in [0, 0.1) is 6.92 Å². The molecule has 0 spiro atoms. The number of aryl methyl sites for hydroxylation is 1. The van der Waals surface area contributed by atoms with Crippen LogP contribution in [0.4, 0.5) is 23.7 Å². The highest BCUT2D eigenvalue weighted by atomic mass is 32.2. The van der Waals surface area contributed by atoms with Gasteiger partial charge in [-0.2, -0.15) is 13.2 Å². The molecule has 2 aromatic carbocycles. The minimum absolute atomic E-state index is 0.0839. The van der Waals surface area contributed by atoms with Gasteiger partial charge in [-0.25, -0.2) is 13.2 Å². The first kappa shape index (κ1) is 26.2. The van der Waals surface area contributed by atoms with Gasteiger partial charge in [0.1, 0.15) is 0 Å². The van der Waals surface area contributed by atoms with E-state index in [0.29, 0.717) is 11.3 Å². The van der Waals surface area contributed by atoms with Crippen molar-refractivity contribution >= 4 is 33.2 Å². The molecule has 0 aliphatic carbocycles. The van der Waals surface area contributed by atoms with E-state index in [9.17, 15) is 36.0 Å². The van der Waals surface area contributed by atoms with Gasteiger partial charge in [0.2, 0.25) is 0 Å². The third-order valence-corrected chi connectivity index (χ3v) is 7.08. The predicted molar refractivity (Wildman–Crippen MR) is 123 cm³/mol. The summed E-state index contributed by atoms with van der Waals surface area (Å²) in [5.41, 5.74) is 2.33. The number of anilines is 1. The Balaban J connectivity index is 1.74. The third-order valence-electron chi connectivity index (χ3n) is 5.48. The summed E-state index contributed by atoms with van der Waals surface area (Å²) in [4.78, 5) is 39.3. The monoisotopic (exact) mass is 511 g/mol. The van der Waals surface area contributed by atoms with Crippen LogP contribution in [0.15, 0.2) is 48.5 Å². The molecule has 3 amide bonds. The highest BCUT2D eigenvalue weighted by Crippen LogP contribution is 2.22. The van der Waals surface area contributed by atoms with Crippen molar-refractivity contribution in [3.05, 3.63) is 65.2 Å². The number of rotatable bonds is 6. The van der Waals surface area contributed by atoms with Gasteiger partial charge >= 0.3 is 18.1 Å². The molecule has 1 aliphatic heterocycles. The molecule has 35 heavy (non-hydrogen) atoms. The van der Waals surface area contributed by atoms with Crippen LogP contribution in [-0.4, -0.2) is 68.4 Å². The zero-order chi connectivity index (χ0) is 25.8. The summed E-state index contributed by atoms with van der Waals surface area (Å²) in [6.07, 6.45) is -5.07. The molecule has 0 aromatic heterocycles. The standard InChI is InChI=1S/C23H24F3N3O5S/c1-16-2-8-19(9-3-16)29(22(32)28-10-12-35(33,34)13-11-28)15-17-4-6-18(7-5-17)20(30)14-27-21(31)23(24,25)26/h2-9H,10-15H2,1H3,(H,27,31). The molecule has 0 radical (unpaired) electrons. The molecule has 1 saturated heterocycles. The summed E-state index contributed by atoms with van der Waals surface area (Å²) < 4.78 is 60.4. The number of nitrogens with one attached hydrogen (secondary N) is 1. The smallest absolute Gasteiger partial charge is 0.341 e. The lowest BCUT2D eigenvalue weighted by Gasteiger charge is -2.33.